The Bertz CT molecular complexity index is 1220. The molecule has 1 aliphatic rings. The number of aromatic nitrogens is 2. The molecule has 6 heteroatoms. The van der Waals surface area contributed by atoms with Crippen molar-refractivity contribution in [3.05, 3.63) is 101 Å². The van der Waals surface area contributed by atoms with E-state index in [1.165, 1.54) is 12.1 Å². The Morgan fingerprint density at radius 1 is 0.967 bits per heavy atom. The van der Waals surface area contributed by atoms with Gasteiger partial charge in [0.2, 0.25) is 5.91 Å². The number of hydrogen-bond donors (Lipinski definition) is 1. The fourth-order valence-electron chi connectivity index (χ4n) is 3.91. The molecule has 30 heavy (non-hydrogen) atoms. The summed E-state index contributed by atoms with van der Waals surface area (Å²) in [5.74, 6) is -0.0112. The molecule has 1 aliphatic heterocycles. The summed E-state index contributed by atoms with van der Waals surface area (Å²) < 4.78 is 15.3. The van der Waals surface area contributed by atoms with Crippen LogP contribution in [-0.2, 0) is 4.79 Å². The van der Waals surface area contributed by atoms with E-state index in [4.69, 9.17) is 16.7 Å². The fourth-order valence-corrected chi connectivity index (χ4v) is 4.03. The number of rotatable bonds is 3. The van der Waals surface area contributed by atoms with Gasteiger partial charge in [-0.25, -0.2) is 9.07 Å². The molecule has 3 aromatic carbocycles. The first-order valence-corrected chi connectivity index (χ1v) is 9.97. The third-order valence-corrected chi connectivity index (χ3v) is 5.56. The lowest BCUT2D eigenvalue weighted by molar-refractivity contribution is -0.116. The number of hydrogen-bond acceptors (Lipinski definition) is 2. The van der Waals surface area contributed by atoms with E-state index in [1.807, 2.05) is 54.6 Å². The van der Waals surface area contributed by atoms with Crippen LogP contribution in [0.4, 0.5) is 10.2 Å². The number of benzene rings is 3. The number of anilines is 1. The zero-order chi connectivity index (χ0) is 20.7. The van der Waals surface area contributed by atoms with Crippen LogP contribution in [0, 0.1) is 5.82 Å². The monoisotopic (exact) mass is 417 g/mol. The van der Waals surface area contributed by atoms with Gasteiger partial charge in [0.15, 0.2) is 0 Å². The Kier molecular flexibility index (Phi) is 4.60. The number of para-hydroxylation sites is 1. The molecule has 1 aromatic heterocycles. The smallest absolute Gasteiger partial charge is 0.226 e. The highest BCUT2D eigenvalue weighted by molar-refractivity contribution is 6.30. The second-order valence-corrected chi connectivity index (χ2v) is 7.66. The van der Waals surface area contributed by atoms with Gasteiger partial charge in [0.05, 0.1) is 11.4 Å². The van der Waals surface area contributed by atoms with Crippen molar-refractivity contribution < 1.29 is 9.18 Å². The van der Waals surface area contributed by atoms with Crippen LogP contribution >= 0.6 is 11.6 Å². The highest BCUT2D eigenvalue weighted by atomic mass is 35.5. The van der Waals surface area contributed by atoms with Crippen molar-refractivity contribution in [1.82, 2.24) is 9.78 Å². The summed E-state index contributed by atoms with van der Waals surface area (Å²) in [6.07, 6.45) is 0.264. The Labute approximate surface area is 177 Å². The first-order valence-electron chi connectivity index (χ1n) is 9.60. The van der Waals surface area contributed by atoms with Gasteiger partial charge >= 0.3 is 0 Å². The first kappa shape index (κ1) is 18.6. The molecule has 1 unspecified atom stereocenters. The Morgan fingerprint density at radius 2 is 1.67 bits per heavy atom. The molecule has 1 N–H and O–H groups in total. The van der Waals surface area contributed by atoms with E-state index in [2.05, 4.69) is 5.32 Å². The molecule has 148 valence electrons. The first-order chi connectivity index (χ1) is 14.6. The van der Waals surface area contributed by atoms with Crippen molar-refractivity contribution in [2.45, 2.75) is 12.3 Å². The van der Waals surface area contributed by atoms with Crippen LogP contribution < -0.4 is 5.32 Å². The van der Waals surface area contributed by atoms with Crippen molar-refractivity contribution in [3.63, 3.8) is 0 Å². The number of carbonyl (C=O) groups excluding carboxylic acids is 1. The van der Waals surface area contributed by atoms with Crippen molar-refractivity contribution in [1.29, 1.82) is 0 Å². The van der Waals surface area contributed by atoms with E-state index < -0.39 is 0 Å². The predicted molar refractivity (Wildman–Crippen MR) is 115 cm³/mol. The number of nitrogens with zero attached hydrogens (tertiary/aromatic N) is 2. The van der Waals surface area contributed by atoms with E-state index in [-0.39, 0.29) is 24.1 Å². The lowest BCUT2D eigenvalue weighted by Crippen LogP contribution is -2.24. The zero-order valence-electron chi connectivity index (χ0n) is 15.8. The molecule has 4 nitrogen and oxygen atoms in total. The lowest BCUT2D eigenvalue weighted by Gasteiger charge is -2.24. The van der Waals surface area contributed by atoms with Crippen LogP contribution in [0.1, 0.15) is 23.5 Å². The number of carbonyl (C=O) groups is 1. The normalized spacial score (nSPS) is 15.5. The molecular formula is C24H17ClFN3O. The Hall–Kier alpha value is -3.44. The van der Waals surface area contributed by atoms with Crippen LogP contribution in [0.2, 0.25) is 5.02 Å². The molecule has 1 atom stereocenters. The number of amides is 1. The van der Waals surface area contributed by atoms with Crippen LogP contribution in [-0.4, -0.2) is 15.7 Å². The van der Waals surface area contributed by atoms with Gasteiger partial charge in [0.1, 0.15) is 11.6 Å². The summed E-state index contributed by atoms with van der Waals surface area (Å²) in [7, 11) is 0. The van der Waals surface area contributed by atoms with Gasteiger partial charge in [-0.2, -0.15) is 5.10 Å². The number of nitrogens with one attached hydrogen (secondary N) is 1. The SMILES string of the molecule is O=C1CC(c2ccc(F)cc2)c2c(-c3ccc(Cl)cc3)nn(-c3ccccc3)c2N1. The molecule has 0 aliphatic carbocycles. The molecule has 0 fully saturated rings. The maximum absolute atomic E-state index is 13.5. The largest absolute Gasteiger partial charge is 0.310 e. The molecule has 0 radical (unpaired) electrons. The average Bonchev–Trinajstić information content (AvgIpc) is 3.14. The van der Waals surface area contributed by atoms with Crippen molar-refractivity contribution in [3.8, 4) is 16.9 Å². The highest BCUT2D eigenvalue weighted by Gasteiger charge is 2.34. The molecular weight excluding hydrogens is 401 g/mol. The van der Waals surface area contributed by atoms with Crippen molar-refractivity contribution in [2.75, 3.05) is 5.32 Å². The molecule has 1 amide bonds. The molecule has 0 saturated heterocycles. The standard InChI is InChI=1S/C24H17ClFN3O/c25-17-10-6-16(7-11-17)23-22-20(15-8-12-18(26)13-9-15)14-21(30)27-24(22)29(28-23)19-4-2-1-3-5-19/h1-13,20H,14H2,(H,27,30). The summed E-state index contributed by atoms with van der Waals surface area (Å²) in [5, 5.41) is 8.51. The lowest BCUT2D eigenvalue weighted by atomic mass is 9.84. The summed E-state index contributed by atoms with van der Waals surface area (Å²) >= 11 is 6.08. The van der Waals surface area contributed by atoms with E-state index in [1.54, 1.807) is 16.8 Å². The van der Waals surface area contributed by atoms with Gasteiger partial charge in [-0.05, 0) is 42.0 Å². The minimum absolute atomic E-state index is 0.100. The maximum Gasteiger partial charge on any atom is 0.226 e. The summed E-state index contributed by atoms with van der Waals surface area (Å²) in [6, 6.07) is 23.4. The van der Waals surface area contributed by atoms with E-state index in [9.17, 15) is 9.18 Å². The van der Waals surface area contributed by atoms with E-state index in [0.29, 0.717) is 10.8 Å². The van der Waals surface area contributed by atoms with Crippen LogP contribution in [0.15, 0.2) is 78.9 Å². The minimum atomic E-state index is -0.308. The fraction of sp³-hybridized carbons (Fsp3) is 0.0833. The van der Waals surface area contributed by atoms with Gasteiger partial charge in [0, 0.05) is 28.5 Å². The summed E-state index contributed by atoms with van der Waals surface area (Å²) in [4.78, 5) is 12.6. The van der Waals surface area contributed by atoms with E-state index in [0.717, 1.165) is 28.1 Å². The third-order valence-electron chi connectivity index (χ3n) is 5.31. The predicted octanol–water partition coefficient (Wildman–Crippen LogP) is 5.81. The van der Waals surface area contributed by atoms with Gasteiger partial charge in [-0.3, -0.25) is 4.79 Å². The van der Waals surface area contributed by atoms with Gasteiger partial charge in [-0.1, -0.05) is 54.1 Å². The zero-order valence-corrected chi connectivity index (χ0v) is 16.6. The van der Waals surface area contributed by atoms with Crippen molar-refractivity contribution in [2.24, 2.45) is 0 Å². The van der Waals surface area contributed by atoms with Crippen LogP contribution in [0.25, 0.3) is 16.9 Å². The number of fused-ring (bicyclic) bond motifs is 1. The average molecular weight is 418 g/mol. The molecule has 2 heterocycles. The molecule has 4 aromatic rings. The topological polar surface area (TPSA) is 46.9 Å². The minimum Gasteiger partial charge on any atom is -0.310 e. The molecule has 0 saturated carbocycles. The van der Waals surface area contributed by atoms with Crippen LogP contribution in [0.5, 0.6) is 0 Å². The Morgan fingerprint density at radius 3 is 2.37 bits per heavy atom. The second kappa shape index (κ2) is 7.43. The van der Waals surface area contributed by atoms with Crippen molar-refractivity contribution >= 4 is 23.3 Å². The third kappa shape index (κ3) is 3.27. The summed E-state index contributed by atoms with van der Waals surface area (Å²) in [6.45, 7) is 0. The van der Waals surface area contributed by atoms with E-state index >= 15 is 0 Å². The highest BCUT2D eigenvalue weighted by Crippen LogP contribution is 2.44. The van der Waals surface area contributed by atoms with Crippen LogP contribution in [0.3, 0.4) is 0 Å². The van der Waals surface area contributed by atoms with Gasteiger partial charge in [0.25, 0.3) is 0 Å². The van der Waals surface area contributed by atoms with Gasteiger partial charge < -0.3 is 5.32 Å². The molecule has 5 rings (SSSR count). The quantitative estimate of drug-likeness (QED) is 0.457. The second-order valence-electron chi connectivity index (χ2n) is 7.22. The summed E-state index contributed by atoms with van der Waals surface area (Å²) in [5.41, 5.74) is 4.28. The molecule has 0 spiro atoms. The number of halogens is 2. The van der Waals surface area contributed by atoms with Gasteiger partial charge in [-0.15, -0.1) is 0 Å². The maximum atomic E-state index is 13.5. The Balaban J connectivity index is 1.76. The molecule has 0 bridgehead atoms.